The zero-order chi connectivity index (χ0) is 18.1. The molecule has 0 aliphatic carbocycles. The minimum atomic E-state index is -0.142. The van der Waals surface area contributed by atoms with Crippen LogP contribution < -0.4 is 0 Å². The number of fused-ring (bicyclic) bond motifs is 1. The van der Waals surface area contributed by atoms with Crippen molar-refractivity contribution < 1.29 is 9.59 Å². The van der Waals surface area contributed by atoms with E-state index in [1.54, 1.807) is 11.3 Å². The minimum Gasteiger partial charge on any atom is -0.282 e. The Bertz CT molecular complexity index is 982. The second kappa shape index (κ2) is 7.17. The predicted octanol–water partition coefficient (Wildman–Crippen LogP) is 3.91. The second-order valence-corrected chi connectivity index (χ2v) is 8.03. The van der Waals surface area contributed by atoms with Crippen LogP contribution in [0.25, 0.3) is 21.3 Å². The second-order valence-electron chi connectivity index (χ2n) is 6.21. The number of aromatic nitrogens is 2. The molecule has 0 spiro atoms. The van der Waals surface area contributed by atoms with Gasteiger partial charge in [0.25, 0.3) is 0 Å². The number of hydrogen-bond donors (Lipinski definition) is 0. The monoisotopic (exact) mass is 383 g/mol. The third-order valence-corrected chi connectivity index (χ3v) is 6.27. The van der Waals surface area contributed by atoms with Gasteiger partial charge in [0.05, 0.1) is 11.1 Å². The molecule has 1 aromatic carbocycles. The molecular weight excluding hydrogens is 366 g/mol. The van der Waals surface area contributed by atoms with E-state index in [9.17, 15) is 9.59 Å². The van der Waals surface area contributed by atoms with Gasteiger partial charge in [-0.1, -0.05) is 41.6 Å². The molecule has 0 atom stereocenters. The van der Waals surface area contributed by atoms with Gasteiger partial charge in [-0.05, 0) is 18.9 Å². The van der Waals surface area contributed by atoms with Gasteiger partial charge in [-0.2, -0.15) is 0 Å². The van der Waals surface area contributed by atoms with Crippen molar-refractivity contribution in [1.29, 1.82) is 0 Å². The Labute approximate surface area is 159 Å². The predicted molar refractivity (Wildman–Crippen MR) is 104 cm³/mol. The number of aryl methyl sites for hydroxylation is 1. The molecule has 4 rings (SSSR count). The molecule has 0 saturated carbocycles. The van der Waals surface area contributed by atoms with Gasteiger partial charge in [0.1, 0.15) is 16.2 Å². The van der Waals surface area contributed by atoms with E-state index < -0.39 is 0 Å². The van der Waals surface area contributed by atoms with Crippen molar-refractivity contribution in [2.75, 3.05) is 12.3 Å². The highest BCUT2D eigenvalue weighted by Gasteiger charge is 2.26. The maximum atomic E-state index is 12.3. The number of benzene rings is 1. The summed E-state index contributed by atoms with van der Waals surface area (Å²) in [5.41, 5.74) is 3.40. The first kappa shape index (κ1) is 17.2. The lowest BCUT2D eigenvalue weighted by atomic mass is 10.1. The van der Waals surface area contributed by atoms with E-state index in [4.69, 9.17) is 0 Å². The topological polar surface area (TPSA) is 63.2 Å². The number of carbonyl (C=O) groups excluding carboxylic acids is 2. The molecule has 132 valence electrons. The summed E-state index contributed by atoms with van der Waals surface area (Å²) in [5, 5.41) is 3.85. The Hall–Kier alpha value is -2.25. The Balaban J connectivity index is 1.63. The number of nitrogens with zero attached hydrogens (tertiary/aromatic N) is 3. The molecule has 5 nitrogen and oxygen atoms in total. The number of imide groups is 1. The van der Waals surface area contributed by atoms with Gasteiger partial charge in [0.2, 0.25) is 11.8 Å². The summed E-state index contributed by atoms with van der Waals surface area (Å²) < 4.78 is 0. The Kier molecular flexibility index (Phi) is 4.74. The largest absolute Gasteiger partial charge is 0.282 e. The van der Waals surface area contributed by atoms with Gasteiger partial charge in [0, 0.05) is 23.9 Å². The third kappa shape index (κ3) is 3.24. The van der Waals surface area contributed by atoms with E-state index >= 15 is 0 Å². The van der Waals surface area contributed by atoms with Crippen LogP contribution in [-0.2, 0) is 9.59 Å². The highest BCUT2D eigenvalue weighted by Crippen LogP contribution is 2.38. The average Bonchev–Trinajstić information content (AvgIpc) is 3.27. The lowest BCUT2D eigenvalue weighted by Crippen LogP contribution is -2.33. The molecular formula is C19H17N3O2S2. The Morgan fingerprint density at radius 2 is 2.08 bits per heavy atom. The molecule has 0 N–H and O–H groups in total. The zero-order valence-electron chi connectivity index (χ0n) is 14.3. The molecule has 1 fully saturated rings. The maximum absolute atomic E-state index is 12.3. The first-order valence-electron chi connectivity index (χ1n) is 8.39. The standard InChI is InChI=1S/C19H17N3O2S2/c1-12-4-6-13(7-5-12)14-9-25-18-17(14)19(21-11-20-18)26-10-16(24)22-8-2-3-15(22)23/h4-7,9,11H,2-3,8,10H2,1H3. The number of hydrogen-bond acceptors (Lipinski definition) is 6. The Morgan fingerprint density at radius 3 is 2.81 bits per heavy atom. The van der Waals surface area contributed by atoms with Gasteiger partial charge in [-0.25, -0.2) is 9.97 Å². The van der Waals surface area contributed by atoms with Crippen molar-refractivity contribution in [3.63, 3.8) is 0 Å². The van der Waals surface area contributed by atoms with Crippen molar-refractivity contribution in [2.24, 2.45) is 0 Å². The van der Waals surface area contributed by atoms with Crippen LogP contribution in [0.2, 0.25) is 0 Å². The lowest BCUT2D eigenvalue weighted by Gasteiger charge is -2.13. The summed E-state index contributed by atoms with van der Waals surface area (Å²) in [6, 6.07) is 8.34. The molecule has 2 aromatic heterocycles. The van der Waals surface area contributed by atoms with Crippen molar-refractivity contribution in [3.05, 3.63) is 41.5 Å². The molecule has 3 aromatic rings. The molecule has 26 heavy (non-hydrogen) atoms. The van der Waals surface area contributed by atoms with Crippen LogP contribution in [-0.4, -0.2) is 39.0 Å². The van der Waals surface area contributed by atoms with Crippen LogP contribution in [0, 0.1) is 6.92 Å². The van der Waals surface area contributed by atoms with Gasteiger partial charge >= 0.3 is 0 Å². The molecule has 1 aliphatic rings. The van der Waals surface area contributed by atoms with E-state index in [-0.39, 0.29) is 17.6 Å². The summed E-state index contributed by atoms with van der Waals surface area (Å²) in [6.07, 6.45) is 2.76. The fourth-order valence-electron chi connectivity index (χ4n) is 3.02. The summed E-state index contributed by atoms with van der Waals surface area (Å²) in [4.78, 5) is 35.1. The number of thioether (sulfide) groups is 1. The smallest absolute Gasteiger partial charge is 0.239 e. The normalized spacial score (nSPS) is 14.3. The third-order valence-electron chi connectivity index (χ3n) is 4.40. The van der Waals surface area contributed by atoms with Crippen molar-refractivity contribution in [1.82, 2.24) is 14.9 Å². The van der Waals surface area contributed by atoms with Crippen molar-refractivity contribution >= 4 is 45.1 Å². The lowest BCUT2D eigenvalue weighted by molar-refractivity contribution is -0.140. The van der Waals surface area contributed by atoms with Crippen molar-refractivity contribution in [3.8, 4) is 11.1 Å². The van der Waals surface area contributed by atoms with Crippen LogP contribution in [0.4, 0.5) is 0 Å². The van der Waals surface area contributed by atoms with E-state index in [1.165, 1.54) is 28.6 Å². The molecule has 0 bridgehead atoms. The summed E-state index contributed by atoms with van der Waals surface area (Å²) in [6.45, 7) is 2.59. The fourth-order valence-corrected chi connectivity index (χ4v) is 4.89. The number of thiophene rings is 1. The maximum Gasteiger partial charge on any atom is 0.239 e. The van der Waals surface area contributed by atoms with E-state index in [0.717, 1.165) is 32.8 Å². The highest BCUT2D eigenvalue weighted by atomic mass is 32.2. The van der Waals surface area contributed by atoms with Crippen LogP contribution in [0.5, 0.6) is 0 Å². The Morgan fingerprint density at radius 1 is 1.27 bits per heavy atom. The van der Waals surface area contributed by atoms with Gasteiger partial charge in [0.15, 0.2) is 0 Å². The van der Waals surface area contributed by atoms with Crippen LogP contribution in [0.3, 0.4) is 0 Å². The van der Waals surface area contributed by atoms with Gasteiger partial charge < -0.3 is 0 Å². The first-order chi connectivity index (χ1) is 12.6. The van der Waals surface area contributed by atoms with E-state index in [0.29, 0.717) is 13.0 Å². The molecule has 1 aliphatic heterocycles. The summed E-state index contributed by atoms with van der Waals surface area (Å²) >= 11 is 2.95. The van der Waals surface area contributed by atoms with Gasteiger partial charge in [-0.3, -0.25) is 14.5 Å². The van der Waals surface area contributed by atoms with Crippen LogP contribution in [0.1, 0.15) is 18.4 Å². The molecule has 7 heteroatoms. The van der Waals surface area contributed by atoms with Crippen LogP contribution in [0.15, 0.2) is 41.0 Å². The molecule has 3 heterocycles. The average molecular weight is 383 g/mol. The van der Waals surface area contributed by atoms with E-state index in [1.807, 2.05) is 0 Å². The molecule has 0 unspecified atom stereocenters. The van der Waals surface area contributed by atoms with Crippen molar-refractivity contribution in [2.45, 2.75) is 24.8 Å². The number of carbonyl (C=O) groups is 2. The quantitative estimate of drug-likeness (QED) is 0.505. The number of amides is 2. The van der Waals surface area contributed by atoms with E-state index in [2.05, 4.69) is 46.5 Å². The highest BCUT2D eigenvalue weighted by molar-refractivity contribution is 8.00. The minimum absolute atomic E-state index is 0.0701. The SMILES string of the molecule is Cc1ccc(-c2csc3ncnc(SCC(=O)N4CCCC4=O)c23)cc1. The molecule has 0 radical (unpaired) electrons. The first-order valence-corrected chi connectivity index (χ1v) is 10.3. The summed E-state index contributed by atoms with van der Waals surface area (Å²) in [7, 11) is 0. The number of likely N-dealkylation sites (tertiary alicyclic amines) is 1. The molecule has 1 saturated heterocycles. The zero-order valence-corrected chi connectivity index (χ0v) is 15.9. The number of rotatable bonds is 4. The van der Waals surface area contributed by atoms with Crippen LogP contribution >= 0.6 is 23.1 Å². The summed E-state index contributed by atoms with van der Waals surface area (Å²) in [5.74, 6) is -0.00296. The molecule has 2 amide bonds. The fraction of sp³-hybridized carbons (Fsp3) is 0.263. The van der Waals surface area contributed by atoms with Gasteiger partial charge in [-0.15, -0.1) is 11.3 Å².